The lowest BCUT2D eigenvalue weighted by Crippen LogP contribution is -2.45. The topological polar surface area (TPSA) is 58.2 Å². The number of aromatic nitrogens is 2. The van der Waals surface area contributed by atoms with Crippen molar-refractivity contribution in [3.05, 3.63) is 50.8 Å². The van der Waals surface area contributed by atoms with Crippen molar-refractivity contribution in [3.8, 4) is 11.1 Å². The Bertz CT molecular complexity index is 973. The van der Waals surface area contributed by atoms with E-state index in [0.717, 1.165) is 29.0 Å². The molecule has 1 aromatic carbocycles. The van der Waals surface area contributed by atoms with Gasteiger partial charge in [-0.1, -0.05) is 23.7 Å². The van der Waals surface area contributed by atoms with Gasteiger partial charge in [0.05, 0.1) is 24.1 Å². The lowest BCUT2D eigenvalue weighted by molar-refractivity contribution is -0.0710. The van der Waals surface area contributed by atoms with Crippen LogP contribution in [0.3, 0.4) is 0 Å². The van der Waals surface area contributed by atoms with Crippen molar-refractivity contribution < 1.29 is 4.74 Å². The van der Waals surface area contributed by atoms with Gasteiger partial charge in [-0.2, -0.15) is 0 Å². The standard InChI is InChI=1S/C19H20ClN3O2S/c1-11-7-23(8-12(2)25-11)9-16-21-18(24)17-15(10-26-19(17)22-16)13-3-5-14(20)6-4-13/h3-6,10-12H,7-9H2,1-2H3,(H,21,22,24)/t11-,12+. The molecule has 1 fully saturated rings. The van der Waals surface area contributed by atoms with E-state index in [2.05, 4.69) is 23.7 Å². The van der Waals surface area contributed by atoms with E-state index in [0.29, 0.717) is 22.8 Å². The summed E-state index contributed by atoms with van der Waals surface area (Å²) in [5, 5.41) is 3.31. The molecule has 1 aliphatic rings. The van der Waals surface area contributed by atoms with Gasteiger partial charge in [-0.3, -0.25) is 9.69 Å². The van der Waals surface area contributed by atoms with E-state index in [9.17, 15) is 4.79 Å². The third-order valence-electron chi connectivity index (χ3n) is 4.52. The van der Waals surface area contributed by atoms with E-state index in [-0.39, 0.29) is 17.8 Å². The molecular formula is C19H20ClN3O2S. The average Bonchev–Trinajstić information content (AvgIpc) is 2.99. The summed E-state index contributed by atoms with van der Waals surface area (Å²) in [5.74, 6) is 0.702. The first-order valence-corrected chi connectivity index (χ1v) is 9.89. The van der Waals surface area contributed by atoms with Gasteiger partial charge in [0.1, 0.15) is 10.7 Å². The molecule has 4 rings (SSSR count). The SMILES string of the molecule is C[C@@H]1CN(Cc2nc3scc(-c4ccc(Cl)cc4)c3c(=O)[nH]2)C[C@H](C)O1. The minimum Gasteiger partial charge on any atom is -0.373 e. The van der Waals surface area contributed by atoms with Crippen molar-refractivity contribution in [2.24, 2.45) is 0 Å². The van der Waals surface area contributed by atoms with Gasteiger partial charge in [-0.05, 0) is 31.5 Å². The number of ether oxygens (including phenoxy) is 1. The van der Waals surface area contributed by atoms with Crippen LogP contribution in [0.1, 0.15) is 19.7 Å². The van der Waals surface area contributed by atoms with Gasteiger partial charge in [0.25, 0.3) is 5.56 Å². The molecule has 2 aromatic heterocycles. The number of nitrogens with one attached hydrogen (secondary N) is 1. The van der Waals surface area contributed by atoms with Gasteiger partial charge in [-0.25, -0.2) is 4.98 Å². The number of aromatic amines is 1. The van der Waals surface area contributed by atoms with Crippen molar-refractivity contribution in [2.75, 3.05) is 13.1 Å². The molecule has 1 N–H and O–H groups in total. The van der Waals surface area contributed by atoms with Crippen LogP contribution in [-0.2, 0) is 11.3 Å². The van der Waals surface area contributed by atoms with E-state index >= 15 is 0 Å². The van der Waals surface area contributed by atoms with Crippen LogP contribution < -0.4 is 5.56 Å². The first kappa shape index (κ1) is 17.7. The number of hydrogen-bond donors (Lipinski definition) is 1. The molecule has 0 spiro atoms. The average molecular weight is 390 g/mol. The Morgan fingerprint density at radius 3 is 2.65 bits per heavy atom. The summed E-state index contributed by atoms with van der Waals surface area (Å²) in [6, 6.07) is 7.51. The molecular weight excluding hydrogens is 370 g/mol. The Labute approximate surface area is 160 Å². The minimum atomic E-state index is -0.0921. The summed E-state index contributed by atoms with van der Waals surface area (Å²) in [7, 11) is 0. The van der Waals surface area contributed by atoms with Crippen LogP contribution in [0.25, 0.3) is 21.3 Å². The highest BCUT2D eigenvalue weighted by atomic mass is 35.5. The molecule has 1 saturated heterocycles. The molecule has 0 radical (unpaired) electrons. The first-order valence-electron chi connectivity index (χ1n) is 8.64. The maximum Gasteiger partial charge on any atom is 0.260 e. The second kappa shape index (κ2) is 7.12. The van der Waals surface area contributed by atoms with E-state index in [1.165, 1.54) is 11.3 Å². The molecule has 0 unspecified atom stereocenters. The summed E-state index contributed by atoms with van der Waals surface area (Å²) in [6.45, 7) is 6.44. The van der Waals surface area contributed by atoms with Gasteiger partial charge in [0.2, 0.25) is 0 Å². The maximum absolute atomic E-state index is 12.7. The Morgan fingerprint density at radius 1 is 1.27 bits per heavy atom. The van der Waals surface area contributed by atoms with Crippen molar-refractivity contribution in [1.82, 2.24) is 14.9 Å². The zero-order valence-electron chi connectivity index (χ0n) is 14.7. The third-order valence-corrected chi connectivity index (χ3v) is 5.64. The fourth-order valence-corrected chi connectivity index (χ4v) is 4.63. The van der Waals surface area contributed by atoms with E-state index < -0.39 is 0 Å². The van der Waals surface area contributed by atoms with Gasteiger partial charge in [0, 0.05) is 29.1 Å². The summed E-state index contributed by atoms with van der Waals surface area (Å²) < 4.78 is 5.77. The van der Waals surface area contributed by atoms with E-state index in [1.807, 2.05) is 29.6 Å². The molecule has 5 nitrogen and oxygen atoms in total. The molecule has 3 aromatic rings. The monoisotopic (exact) mass is 389 g/mol. The van der Waals surface area contributed by atoms with Gasteiger partial charge >= 0.3 is 0 Å². The van der Waals surface area contributed by atoms with Crippen LogP contribution in [-0.4, -0.2) is 40.2 Å². The molecule has 3 heterocycles. The Morgan fingerprint density at radius 2 is 1.96 bits per heavy atom. The molecule has 0 saturated carbocycles. The number of hydrogen-bond acceptors (Lipinski definition) is 5. The van der Waals surface area contributed by atoms with E-state index in [1.54, 1.807) is 0 Å². The van der Waals surface area contributed by atoms with Gasteiger partial charge in [0.15, 0.2) is 0 Å². The smallest absolute Gasteiger partial charge is 0.260 e. The molecule has 0 aliphatic carbocycles. The Hall–Kier alpha value is -1.73. The number of benzene rings is 1. The number of H-pyrrole nitrogens is 1. The van der Waals surface area contributed by atoms with Crippen LogP contribution in [0.4, 0.5) is 0 Å². The zero-order chi connectivity index (χ0) is 18.3. The lowest BCUT2D eigenvalue weighted by Gasteiger charge is -2.34. The molecule has 7 heteroatoms. The van der Waals surface area contributed by atoms with E-state index in [4.69, 9.17) is 21.3 Å². The molecule has 136 valence electrons. The summed E-state index contributed by atoms with van der Waals surface area (Å²) in [4.78, 5) is 23.4. The highest BCUT2D eigenvalue weighted by Crippen LogP contribution is 2.31. The molecule has 0 amide bonds. The largest absolute Gasteiger partial charge is 0.373 e. The number of halogens is 1. The minimum absolute atomic E-state index is 0.0921. The van der Waals surface area contributed by atoms with Crippen LogP contribution in [0.2, 0.25) is 5.02 Å². The predicted molar refractivity (Wildman–Crippen MR) is 106 cm³/mol. The number of fused-ring (bicyclic) bond motifs is 1. The highest BCUT2D eigenvalue weighted by Gasteiger charge is 2.23. The number of morpholine rings is 1. The Kier molecular flexibility index (Phi) is 4.84. The first-order chi connectivity index (χ1) is 12.5. The molecule has 26 heavy (non-hydrogen) atoms. The quantitative estimate of drug-likeness (QED) is 0.737. The summed E-state index contributed by atoms with van der Waals surface area (Å²) in [5.41, 5.74) is 1.78. The van der Waals surface area contributed by atoms with Gasteiger partial charge < -0.3 is 9.72 Å². The van der Waals surface area contributed by atoms with Crippen LogP contribution in [0.5, 0.6) is 0 Å². The maximum atomic E-state index is 12.7. The van der Waals surface area contributed by atoms with Crippen molar-refractivity contribution >= 4 is 33.2 Å². The third kappa shape index (κ3) is 3.55. The van der Waals surface area contributed by atoms with Crippen molar-refractivity contribution in [1.29, 1.82) is 0 Å². The molecule has 2 atom stereocenters. The van der Waals surface area contributed by atoms with Crippen LogP contribution in [0.15, 0.2) is 34.4 Å². The summed E-state index contributed by atoms with van der Waals surface area (Å²) in [6.07, 6.45) is 0.375. The second-order valence-corrected chi connectivity index (χ2v) is 8.09. The van der Waals surface area contributed by atoms with Crippen molar-refractivity contribution in [2.45, 2.75) is 32.6 Å². The predicted octanol–water partition coefficient (Wildman–Crippen LogP) is 3.91. The number of thiophene rings is 1. The normalized spacial score (nSPS) is 21.3. The summed E-state index contributed by atoms with van der Waals surface area (Å²) >= 11 is 7.46. The zero-order valence-corrected chi connectivity index (χ0v) is 16.2. The van der Waals surface area contributed by atoms with Crippen LogP contribution in [0, 0.1) is 0 Å². The fourth-order valence-electron chi connectivity index (χ4n) is 3.54. The lowest BCUT2D eigenvalue weighted by atomic mass is 10.1. The molecule has 1 aliphatic heterocycles. The second-order valence-electron chi connectivity index (χ2n) is 6.80. The van der Waals surface area contributed by atoms with Gasteiger partial charge in [-0.15, -0.1) is 11.3 Å². The van der Waals surface area contributed by atoms with Crippen LogP contribution >= 0.6 is 22.9 Å². The number of nitrogens with zero attached hydrogens (tertiary/aromatic N) is 2. The molecule has 0 bridgehead atoms. The highest BCUT2D eigenvalue weighted by molar-refractivity contribution is 7.17. The fraction of sp³-hybridized carbons (Fsp3) is 0.368. The van der Waals surface area contributed by atoms with Crippen molar-refractivity contribution in [3.63, 3.8) is 0 Å². The Balaban J connectivity index is 1.66. The number of rotatable bonds is 3.